The number of aromatic nitrogens is 4. The Balaban J connectivity index is 2.04. The maximum absolute atomic E-state index is 5.01. The second kappa shape index (κ2) is 6.10. The normalized spacial score (nSPS) is 12.9. The number of hydrogen-bond donors (Lipinski definition) is 1. The fraction of sp³-hybridized carbons (Fsp3) is 0.667. The summed E-state index contributed by atoms with van der Waals surface area (Å²) < 4.78 is 9.36. The van der Waals surface area contributed by atoms with Crippen LogP contribution in [0.15, 0.2) is 4.52 Å². The third-order valence-corrected chi connectivity index (χ3v) is 3.30. The van der Waals surface area contributed by atoms with Crippen molar-refractivity contribution >= 4 is 16.7 Å². The molecule has 7 heteroatoms. The SMILES string of the molecule is CCC(Nc1nc(CC(C)C)ns1)c1noc(C)n1. The van der Waals surface area contributed by atoms with Crippen LogP contribution in [0, 0.1) is 12.8 Å². The van der Waals surface area contributed by atoms with Crippen molar-refractivity contribution in [2.75, 3.05) is 5.32 Å². The highest BCUT2D eigenvalue weighted by molar-refractivity contribution is 7.09. The zero-order chi connectivity index (χ0) is 13.8. The minimum absolute atomic E-state index is 0.0114. The summed E-state index contributed by atoms with van der Waals surface area (Å²) >= 11 is 1.38. The van der Waals surface area contributed by atoms with Gasteiger partial charge in [-0.2, -0.15) is 9.36 Å². The lowest BCUT2D eigenvalue weighted by molar-refractivity contribution is 0.384. The molecule has 0 saturated heterocycles. The molecule has 6 nitrogen and oxygen atoms in total. The molecule has 1 unspecified atom stereocenters. The zero-order valence-corrected chi connectivity index (χ0v) is 12.5. The quantitative estimate of drug-likeness (QED) is 0.877. The fourth-order valence-electron chi connectivity index (χ4n) is 1.72. The van der Waals surface area contributed by atoms with Crippen LogP contribution in [0.5, 0.6) is 0 Å². The topological polar surface area (TPSA) is 76.7 Å². The van der Waals surface area contributed by atoms with E-state index in [2.05, 4.69) is 45.6 Å². The third-order valence-electron chi connectivity index (χ3n) is 2.62. The first kappa shape index (κ1) is 13.9. The standard InChI is InChI=1S/C12H19N5OS/c1-5-9(11-13-8(4)18-16-11)14-12-15-10(17-19-12)6-7(2)3/h7,9H,5-6H2,1-4H3,(H,14,15,17). The fourth-order valence-corrected chi connectivity index (χ4v) is 2.36. The summed E-state index contributed by atoms with van der Waals surface area (Å²) in [7, 11) is 0. The summed E-state index contributed by atoms with van der Waals surface area (Å²) in [5.74, 6) is 2.69. The smallest absolute Gasteiger partial charge is 0.223 e. The van der Waals surface area contributed by atoms with Crippen molar-refractivity contribution in [3.63, 3.8) is 0 Å². The lowest BCUT2D eigenvalue weighted by Crippen LogP contribution is -2.11. The molecule has 0 saturated carbocycles. The van der Waals surface area contributed by atoms with E-state index in [-0.39, 0.29) is 6.04 Å². The Labute approximate surface area is 116 Å². The van der Waals surface area contributed by atoms with Crippen LogP contribution in [0.25, 0.3) is 0 Å². The van der Waals surface area contributed by atoms with Crippen molar-refractivity contribution in [2.45, 2.75) is 46.6 Å². The highest BCUT2D eigenvalue weighted by atomic mass is 32.1. The molecular formula is C12H19N5OS. The predicted molar refractivity (Wildman–Crippen MR) is 74.1 cm³/mol. The second-order valence-corrected chi connectivity index (χ2v) is 5.64. The lowest BCUT2D eigenvalue weighted by Gasteiger charge is -2.10. The summed E-state index contributed by atoms with van der Waals surface area (Å²) in [4.78, 5) is 8.73. The monoisotopic (exact) mass is 281 g/mol. The van der Waals surface area contributed by atoms with Crippen molar-refractivity contribution < 1.29 is 4.52 Å². The van der Waals surface area contributed by atoms with E-state index in [4.69, 9.17) is 4.52 Å². The molecule has 2 aromatic rings. The maximum atomic E-state index is 5.01. The predicted octanol–water partition coefficient (Wildman–Crippen LogP) is 2.99. The van der Waals surface area contributed by atoms with E-state index >= 15 is 0 Å². The molecule has 0 fully saturated rings. The Morgan fingerprint density at radius 2 is 2.11 bits per heavy atom. The van der Waals surface area contributed by atoms with Gasteiger partial charge in [0.15, 0.2) is 5.82 Å². The molecule has 1 atom stereocenters. The first-order valence-corrected chi connectivity index (χ1v) is 7.25. The van der Waals surface area contributed by atoms with Gasteiger partial charge < -0.3 is 9.84 Å². The van der Waals surface area contributed by atoms with Crippen LogP contribution in [-0.4, -0.2) is 19.5 Å². The average Bonchev–Trinajstić information content (AvgIpc) is 2.95. The van der Waals surface area contributed by atoms with Gasteiger partial charge in [0, 0.05) is 24.9 Å². The molecule has 19 heavy (non-hydrogen) atoms. The third kappa shape index (κ3) is 3.73. The molecule has 2 heterocycles. The molecule has 0 bridgehead atoms. The minimum atomic E-state index is 0.0114. The van der Waals surface area contributed by atoms with Gasteiger partial charge in [0.05, 0.1) is 6.04 Å². The van der Waals surface area contributed by atoms with Gasteiger partial charge in [-0.25, -0.2) is 4.98 Å². The van der Waals surface area contributed by atoms with E-state index in [0.29, 0.717) is 17.6 Å². The molecule has 2 aromatic heterocycles. The summed E-state index contributed by atoms with van der Waals surface area (Å²) in [5, 5.41) is 8.07. The van der Waals surface area contributed by atoms with Crippen LogP contribution in [-0.2, 0) is 6.42 Å². The summed E-state index contributed by atoms with van der Waals surface area (Å²) in [5.41, 5.74) is 0. The molecule has 104 valence electrons. The summed E-state index contributed by atoms with van der Waals surface area (Å²) in [6.45, 7) is 8.17. The van der Waals surface area contributed by atoms with E-state index in [1.54, 1.807) is 6.92 Å². The van der Waals surface area contributed by atoms with Crippen LogP contribution in [0.1, 0.15) is 50.8 Å². The van der Waals surface area contributed by atoms with Gasteiger partial charge >= 0.3 is 0 Å². The second-order valence-electron chi connectivity index (χ2n) is 4.89. The Hall–Kier alpha value is -1.50. The maximum Gasteiger partial charge on any atom is 0.223 e. The van der Waals surface area contributed by atoms with Gasteiger partial charge in [-0.1, -0.05) is 25.9 Å². The minimum Gasteiger partial charge on any atom is -0.350 e. The van der Waals surface area contributed by atoms with E-state index in [1.165, 1.54) is 11.5 Å². The number of nitrogens with zero attached hydrogens (tertiary/aromatic N) is 4. The Kier molecular flexibility index (Phi) is 4.47. The number of rotatable bonds is 6. The van der Waals surface area contributed by atoms with Crippen molar-refractivity contribution in [1.82, 2.24) is 19.5 Å². The van der Waals surface area contributed by atoms with Crippen LogP contribution in [0.4, 0.5) is 5.13 Å². The molecule has 0 aliphatic heterocycles. The van der Waals surface area contributed by atoms with E-state index in [0.717, 1.165) is 23.8 Å². The van der Waals surface area contributed by atoms with E-state index < -0.39 is 0 Å². The molecule has 0 aliphatic rings. The number of aryl methyl sites for hydroxylation is 1. The molecule has 2 rings (SSSR count). The van der Waals surface area contributed by atoms with E-state index in [1.807, 2.05) is 0 Å². The number of anilines is 1. The molecule has 0 aromatic carbocycles. The van der Waals surface area contributed by atoms with Gasteiger partial charge in [0.1, 0.15) is 5.82 Å². The molecule has 1 N–H and O–H groups in total. The highest BCUT2D eigenvalue weighted by Crippen LogP contribution is 2.22. The first-order chi connectivity index (χ1) is 9.08. The van der Waals surface area contributed by atoms with Crippen LogP contribution < -0.4 is 5.32 Å². The lowest BCUT2D eigenvalue weighted by atomic mass is 10.1. The largest absolute Gasteiger partial charge is 0.350 e. The highest BCUT2D eigenvalue weighted by Gasteiger charge is 2.17. The summed E-state index contributed by atoms with van der Waals surface area (Å²) in [6, 6.07) is 0.0114. The van der Waals surface area contributed by atoms with Gasteiger partial charge in [-0.3, -0.25) is 0 Å². The van der Waals surface area contributed by atoms with Crippen molar-refractivity contribution in [2.24, 2.45) is 5.92 Å². The van der Waals surface area contributed by atoms with Gasteiger partial charge in [-0.15, -0.1) is 0 Å². The van der Waals surface area contributed by atoms with E-state index in [9.17, 15) is 0 Å². The van der Waals surface area contributed by atoms with Crippen LogP contribution >= 0.6 is 11.5 Å². The Bertz CT molecular complexity index is 522. The molecular weight excluding hydrogens is 262 g/mol. The van der Waals surface area contributed by atoms with Gasteiger partial charge in [-0.05, 0) is 12.3 Å². The average molecular weight is 281 g/mol. The van der Waals surface area contributed by atoms with Crippen LogP contribution in [0.3, 0.4) is 0 Å². The van der Waals surface area contributed by atoms with Gasteiger partial charge in [0.25, 0.3) is 0 Å². The molecule has 0 radical (unpaired) electrons. The van der Waals surface area contributed by atoms with Crippen molar-refractivity contribution in [3.8, 4) is 0 Å². The summed E-state index contributed by atoms with van der Waals surface area (Å²) in [6.07, 6.45) is 1.76. The zero-order valence-electron chi connectivity index (χ0n) is 11.7. The van der Waals surface area contributed by atoms with Crippen molar-refractivity contribution in [3.05, 3.63) is 17.5 Å². The Morgan fingerprint density at radius 1 is 1.32 bits per heavy atom. The number of hydrogen-bond acceptors (Lipinski definition) is 7. The first-order valence-electron chi connectivity index (χ1n) is 6.47. The molecule has 0 amide bonds. The van der Waals surface area contributed by atoms with Gasteiger partial charge in [0.2, 0.25) is 11.0 Å². The van der Waals surface area contributed by atoms with Crippen LogP contribution in [0.2, 0.25) is 0 Å². The molecule has 0 aliphatic carbocycles. The number of nitrogens with one attached hydrogen (secondary N) is 1. The molecule has 0 spiro atoms. The Morgan fingerprint density at radius 3 is 2.68 bits per heavy atom. The van der Waals surface area contributed by atoms with Crippen molar-refractivity contribution in [1.29, 1.82) is 0 Å².